The Kier molecular flexibility index (Phi) is 8.31. The van der Waals surface area contributed by atoms with Gasteiger partial charge in [0, 0.05) is 17.7 Å². The molecule has 1 aromatic heterocycles. The van der Waals surface area contributed by atoms with Gasteiger partial charge in [0.15, 0.2) is 0 Å². The summed E-state index contributed by atoms with van der Waals surface area (Å²) < 4.78 is 42.4. The number of halogens is 4. The minimum absolute atomic E-state index is 0. The highest BCUT2D eigenvalue weighted by Gasteiger charge is 2.22. The predicted molar refractivity (Wildman–Crippen MR) is 124 cm³/mol. The molecule has 0 aliphatic heterocycles. The van der Waals surface area contributed by atoms with Gasteiger partial charge in [-0.15, -0.1) is 0 Å². The normalized spacial score (nSPS) is 10.3. The third kappa shape index (κ3) is 5.21. The van der Waals surface area contributed by atoms with Crippen LogP contribution in [0.3, 0.4) is 0 Å². The number of hydrogen-bond donors (Lipinski definition) is 0. The second kappa shape index (κ2) is 10.6. The molecule has 0 aliphatic rings. The molecule has 0 aliphatic carbocycles. The van der Waals surface area contributed by atoms with E-state index >= 15 is 0 Å². The summed E-state index contributed by atoms with van der Waals surface area (Å²) in [5.74, 6) is 1.72. The molecule has 0 saturated heterocycles. The Balaban J connectivity index is 0.000000714. The van der Waals surface area contributed by atoms with Gasteiger partial charge in [-0.1, -0.05) is 17.7 Å². The fourth-order valence-electron chi connectivity index (χ4n) is 4.39. The van der Waals surface area contributed by atoms with E-state index in [2.05, 4.69) is 68.8 Å². The summed E-state index contributed by atoms with van der Waals surface area (Å²) in [6.07, 6.45) is 0. The lowest BCUT2D eigenvalue weighted by atomic mass is 9.88. The van der Waals surface area contributed by atoms with Gasteiger partial charge in [-0.2, -0.15) is 4.57 Å². The number of fused-ring (bicyclic) bond motifs is 2. The van der Waals surface area contributed by atoms with E-state index < -0.39 is 7.54 Å². The Bertz CT molecular complexity index is 1200. The molecule has 174 valence electrons. The van der Waals surface area contributed by atoms with Crippen LogP contribution in [0.2, 0.25) is 0 Å². The fourth-order valence-corrected chi connectivity index (χ4v) is 4.39. The Morgan fingerprint density at radius 1 is 0.697 bits per heavy atom. The first-order chi connectivity index (χ1) is 15.2. The molecule has 0 saturated carbocycles. The SMILES string of the molecule is COc1ccc2c(c1)c(-c1c(C)cc(C)cc1C)c1cc(OC)ccc1[n+]2C.FB(F)F.[F-]. The van der Waals surface area contributed by atoms with Crippen molar-refractivity contribution in [2.75, 3.05) is 14.2 Å². The zero-order chi connectivity index (χ0) is 23.6. The molecule has 33 heavy (non-hydrogen) atoms. The van der Waals surface area contributed by atoms with E-state index in [-0.39, 0.29) is 4.70 Å². The Labute approximate surface area is 191 Å². The van der Waals surface area contributed by atoms with Gasteiger partial charge in [0.1, 0.15) is 18.5 Å². The van der Waals surface area contributed by atoms with Gasteiger partial charge in [-0.05, 0) is 61.7 Å². The minimum atomic E-state index is -3.67. The first-order valence-corrected chi connectivity index (χ1v) is 10.2. The van der Waals surface area contributed by atoms with Gasteiger partial charge >= 0.3 is 7.54 Å². The van der Waals surface area contributed by atoms with Crippen LogP contribution in [-0.2, 0) is 7.05 Å². The van der Waals surface area contributed by atoms with Gasteiger partial charge < -0.3 is 14.2 Å². The molecular weight excluding hydrogens is 433 g/mol. The molecule has 4 aromatic rings. The molecule has 4 rings (SSSR count). The van der Waals surface area contributed by atoms with Gasteiger partial charge in [0.25, 0.3) is 0 Å². The van der Waals surface area contributed by atoms with Crippen LogP contribution >= 0.6 is 0 Å². The maximum Gasteiger partial charge on any atom is 0.762 e. The number of nitrogens with zero attached hydrogens (tertiary/aromatic N) is 1. The quantitative estimate of drug-likeness (QED) is 0.203. The zero-order valence-electron chi connectivity index (χ0n) is 19.5. The average Bonchev–Trinajstić information content (AvgIpc) is 2.74. The predicted octanol–water partition coefficient (Wildman–Crippen LogP) is 3.31. The summed E-state index contributed by atoms with van der Waals surface area (Å²) in [6.45, 7) is 6.54. The van der Waals surface area contributed by atoms with Crippen molar-refractivity contribution in [1.29, 1.82) is 0 Å². The summed E-state index contributed by atoms with van der Waals surface area (Å²) in [7, 11) is 1.88. The summed E-state index contributed by atoms with van der Waals surface area (Å²) in [4.78, 5) is 0. The Hall–Kier alpha value is -3.29. The van der Waals surface area contributed by atoms with Crippen molar-refractivity contribution in [2.24, 2.45) is 7.05 Å². The van der Waals surface area contributed by atoms with Crippen LogP contribution in [0.5, 0.6) is 11.5 Å². The zero-order valence-corrected chi connectivity index (χ0v) is 19.5. The second-order valence-electron chi connectivity index (χ2n) is 7.72. The lowest BCUT2D eigenvalue weighted by molar-refractivity contribution is -0.617. The summed E-state index contributed by atoms with van der Waals surface area (Å²) >= 11 is 0. The standard InChI is InChI=1S/C25H26NO2.BF3.FH/c1-15-11-16(2)24(17(3)12-15)25-20-13-18(27-5)7-9-22(20)26(4)23-10-8-19(28-6)14-21(23)25;2-1(3)4;/h7-14H,1-6H3;;1H/q+1;;/p-1. The van der Waals surface area contributed by atoms with Crippen molar-refractivity contribution in [2.45, 2.75) is 20.8 Å². The maximum absolute atomic E-state index is 9.67. The van der Waals surface area contributed by atoms with Crippen molar-refractivity contribution in [3.63, 3.8) is 0 Å². The van der Waals surface area contributed by atoms with Crippen molar-refractivity contribution < 1.29 is 31.7 Å². The molecule has 0 unspecified atom stereocenters. The van der Waals surface area contributed by atoms with Gasteiger partial charge in [-0.3, -0.25) is 12.9 Å². The van der Waals surface area contributed by atoms with E-state index in [0.29, 0.717) is 0 Å². The first kappa shape index (κ1) is 26.0. The summed E-state index contributed by atoms with van der Waals surface area (Å²) in [5, 5.41) is 2.36. The molecule has 0 fully saturated rings. The number of aryl methyl sites for hydroxylation is 4. The minimum Gasteiger partial charge on any atom is -1.00 e. The molecule has 0 amide bonds. The maximum atomic E-state index is 9.67. The Morgan fingerprint density at radius 3 is 1.45 bits per heavy atom. The highest BCUT2D eigenvalue weighted by Crippen LogP contribution is 2.40. The second-order valence-corrected chi connectivity index (χ2v) is 7.72. The van der Waals surface area contributed by atoms with Crippen LogP contribution in [0.15, 0.2) is 48.5 Å². The number of ether oxygens (including phenoxy) is 2. The number of benzene rings is 3. The molecular formula is C25H26BF4NO2. The van der Waals surface area contributed by atoms with Crippen LogP contribution in [0.4, 0.5) is 12.9 Å². The molecule has 0 spiro atoms. The number of aromatic nitrogens is 1. The van der Waals surface area contributed by atoms with Crippen molar-refractivity contribution >= 4 is 29.3 Å². The largest absolute Gasteiger partial charge is 1.00 e. The van der Waals surface area contributed by atoms with Crippen LogP contribution in [-0.4, -0.2) is 21.8 Å². The smallest absolute Gasteiger partial charge is 0.762 e. The molecule has 3 aromatic carbocycles. The molecule has 0 N–H and O–H groups in total. The van der Waals surface area contributed by atoms with Gasteiger partial charge in [-0.25, -0.2) is 0 Å². The van der Waals surface area contributed by atoms with E-state index in [9.17, 15) is 12.9 Å². The molecule has 0 bridgehead atoms. The molecule has 1 heterocycles. The van der Waals surface area contributed by atoms with E-state index in [1.54, 1.807) is 14.2 Å². The highest BCUT2D eigenvalue weighted by molar-refractivity contribution is 6.33. The van der Waals surface area contributed by atoms with Crippen LogP contribution in [0.1, 0.15) is 16.7 Å². The van der Waals surface area contributed by atoms with Crippen molar-refractivity contribution in [3.8, 4) is 22.6 Å². The molecule has 8 heteroatoms. The van der Waals surface area contributed by atoms with Gasteiger partial charge in [0.05, 0.1) is 25.0 Å². The Morgan fingerprint density at radius 2 is 1.09 bits per heavy atom. The molecule has 0 atom stereocenters. The average molecular weight is 459 g/mol. The third-order valence-corrected chi connectivity index (χ3v) is 5.60. The van der Waals surface area contributed by atoms with E-state index in [1.807, 2.05) is 12.1 Å². The first-order valence-electron chi connectivity index (χ1n) is 10.2. The highest BCUT2D eigenvalue weighted by atomic mass is 19.4. The summed E-state index contributed by atoms with van der Waals surface area (Å²) in [5.41, 5.74) is 8.70. The number of methoxy groups -OCH3 is 2. The fraction of sp³-hybridized carbons (Fsp3) is 0.240. The van der Waals surface area contributed by atoms with Crippen molar-refractivity contribution in [1.82, 2.24) is 0 Å². The number of hydrogen-bond acceptors (Lipinski definition) is 2. The molecule has 3 nitrogen and oxygen atoms in total. The van der Waals surface area contributed by atoms with E-state index in [1.165, 1.54) is 49.6 Å². The van der Waals surface area contributed by atoms with Crippen LogP contribution in [0.25, 0.3) is 32.9 Å². The van der Waals surface area contributed by atoms with E-state index in [0.717, 1.165) is 11.5 Å². The van der Waals surface area contributed by atoms with Gasteiger partial charge in [0.2, 0.25) is 11.0 Å². The van der Waals surface area contributed by atoms with E-state index in [4.69, 9.17) is 9.47 Å². The lowest BCUT2D eigenvalue weighted by Crippen LogP contribution is -3.00. The number of pyridine rings is 1. The lowest BCUT2D eigenvalue weighted by Gasteiger charge is -2.17. The monoisotopic (exact) mass is 459 g/mol. The van der Waals surface area contributed by atoms with Crippen molar-refractivity contribution in [3.05, 3.63) is 65.2 Å². The van der Waals surface area contributed by atoms with Crippen LogP contribution in [0, 0.1) is 20.8 Å². The topological polar surface area (TPSA) is 22.3 Å². The van der Waals surface area contributed by atoms with Crippen LogP contribution < -0.4 is 18.7 Å². The third-order valence-electron chi connectivity index (χ3n) is 5.60. The summed E-state index contributed by atoms with van der Waals surface area (Å²) in [6, 6.07) is 17.1. The number of rotatable bonds is 3. The molecule has 0 radical (unpaired) electrons.